The fraction of sp³-hybridized carbons (Fsp3) is 0.538. The SMILES string of the molecule is CC.CCCC.CCCC.Cc1ccccc1.OC(c1ccccc1)(C(F)(F)F)C(F)(F)F. The standard InChI is InChI=1S/C9H6F6O.C7H8.2C4H10.C2H6/c10-8(11,12)7(16,9(13,14)15)6-4-2-1-3-5-6;1-7-5-3-2-4-6-7;2*1-3-4-2;1-2/h1-5,16H;2-6H,1H3;2*3-4H2,1-2H3;1-2H3. The van der Waals surface area contributed by atoms with E-state index >= 15 is 0 Å². The minimum Gasteiger partial charge on any atom is -0.369 e. The third kappa shape index (κ3) is 14.7. The number of halogens is 6. The first kappa shape index (κ1) is 35.6. The van der Waals surface area contributed by atoms with Gasteiger partial charge in [0, 0.05) is 5.56 Å². The van der Waals surface area contributed by atoms with E-state index in [4.69, 9.17) is 5.11 Å². The molecule has 0 radical (unpaired) electrons. The Morgan fingerprint density at radius 2 is 0.848 bits per heavy atom. The molecule has 0 amide bonds. The van der Waals surface area contributed by atoms with E-state index in [0.717, 1.165) is 12.1 Å². The molecule has 0 aromatic heterocycles. The van der Waals surface area contributed by atoms with Crippen molar-refractivity contribution in [3.63, 3.8) is 0 Å². The minimum atomic E-state index is -5.83. The Kier molecular flexibility index (Phi) is 21.0. The summed E-state index contributed by atoms with van der Waals surface area (Å²) in [6, 6.07) is 14.6. The Morgan fingerprint density at radius 1 is 0.576 bits per heavy atom. The highest BCUT2D eigenvalue weighted by Gasteiger charge is 2.71. The van der Waals surface area contributed by atoms with Crippen LogP contribution >= 0.6 is 0 Å². The summed E-state index contributed by atoms with van der Waals surface area (Å²) in [6.07, 6.45) is -6.38. The zero-order valence-corrected chi connectivity index (χ0v) is 20.8. The van der Waals surface area contributed by atoms with E-state index in [1.54, 1.807) is 0 Å². The molecule has 0 aliphatic rings. The monoisotopic (exact) mass is 482 g/mol. The van der Waals surface area contributed by atoms with Crippen LogP contribution in [0, 0.1) is 6.92 Å². The van der Waals surface area contributed by atoms with Crippen LogP contribution in [0.4, 0.5) is 26.3 Å². The van der Waals surface area contributed by atoms with Crippen LogP contribution < -0.4 is 0 Å². The highest BCUT2D eigenvalue weighted by Crippen LogP contribution is 2.49. The highest BCUT2D eigenvalue weighted by molar-refractivity contribution is 5.26. The van der Waals surface area contributed by atoms with E-state index < -0.39 is 23.5 Å². The maximum absolute atomic E-state index is 12.3. The molecule has 2 rings (SSSR count). The van der Waals surface area contributed by atoms with Gasteiger partial charge in [0.1, 0.15) is 0 Å². The van der Waals surface area contributed by atoms with Gasteiger partial charge in [0.25, 0.3) is 5.60 Å². The van der Waals surface area contributed by atoms with Crippen molar-refractivity contribution in [3.05, 3.63) is 71.8 Å². The molecule has 1 N–H and O–H groups in total. The van der Waals surface area contributed by atoms with Crippen molar-refractivity contribution in [1.29, 1.82) is 0 Å². The maximum atomic E-state index is 12.3. The lowest BCUT2D eigenvalue weighted by molar-refractivity contribution is -0.376. The molecule has 192 valence electrons. The normalized spacial score (nSPS) is 10.6. The van der Waals surface area contributed by atoms with Gasteiger partial charge < -0.3 is 5.11 Å². The minimum absolute atomic E-state index is 0.570. The molecular formula is C26H40F6O. The quantitative estimate of drug-likeness (QED) is 0.432. The molecule has 1 nitrogen and oxygen atoms in total. The summed E-state index contributed by atoms with van der Waals surface area (Å²) in [7, 11) is 0. The van der Waals surface area contributed by atoms with Gasteiger partial charge in [-0.15, -0.1) is 0 Å². The molecule has 0 saturated heterocycles. The van der Waals surface area contributed by atoms with E-state index in [0.29, 0.717) is 12.1 Å². The summed E-state index contributed by atoms with van der Waals surface area (Å²) in [5.74, 6) is 0. The lowest BCUT2D eigenvalue weighted by atomic mass is 9.92. The third-order valence-electron chi connectivity index (χ3n) is 3.95. The second-order valence-corrected chi connectivity index (χ2v) is 6.73. The number of alkyl halides is 6. The molecule has 0 unspecified atom stereocenters. The van der Waals surface area contributed by atoms with Gasteiger partial charge in [0.15, 0.2) is 0 Å². The first-order valence-electron chi connectivity index (χ1n) is 11.3. The largest absolute Gasteiger partial charge is 0.430 e. The van der Waals surface area contributed by atoms with Crippen LogP contribution in [0.2, 0.25) is 0 Å². The number of rotatable bonds is 3. The second kappa shape index (κ2) is 19.4. The average molecular weight is 483 g/mol. The van der Waals surface area contributed by atoms with Crippen LogP contribution in [-0.4, -0.2) is 17.5 Å². The van der Waals surface area contributed by atoms with E-state index in [-0.39, 0.29) is 0 Å². The maximum Gasteiger partial charge on any atom is 0.430 e. The van der Waals surface area contributed by atoms with Gasteiger partial charge in [-0.3, -0.25) is 0 Å². The van der Waals surface area contributed by atoms with Crippen LogP contribution in [0.25, 0.3) is 0 Å². The van der Waals surface area contributed by atoms with Gasteiger partial charge in [-0.25, -0.2) is 0 Å². The van der Waals surface area contributed by atoms with Crippen LogP contribution in [0.3, 0.4) is 0 Å². The van der Waals surface area contributed by atoms with E-state index in [9.17, 15) is 26.3 Å². The molecule has 0 atom stereocenters. The zero-order valence-electron chi connectivity index (χ0n) is 20.8. The molecule has 2 aromatic rings. The first-order chi connectivity index (χ1) is 15.3. The number of aliphatic hydroxyl groups is 1. The Labute approximate surface area is 195 Å². The van der Waals surface area contributed by atoms with Gasteiger partial charge in [0.05, 0.1) is 0 Å². The predicted molar refractivity (Wildman–Crippen MR) is 126 cm³/mol. The van der Waals surface area contributed by atoms with E-state index in [1.807, 2.05) is 32.0 Å². The molecule has 0 saturated carbocycles. The lowest BCUT2D eigenvalue weighted by Gasteiger charge is -2.32. The smallest absolute Gasteiger partial charge is 0.369 e. The molecule has 2 aromatic carbocycles. The molecule has 0 aliphatic carbocycles. The molecule has 0 heterocycles. The number of hydrogen-bond acceptors (Lipinski definition) is 1. The highest BCUT2D eigenvalue weighted by atomic mass is 19.4. The van der Waals surface area contributed by atoms with Crippen molar-refractivity contribution in [2.45, 2.75) is 92.1 Å². The van der Waals surface area contributed by atoms with Crippen molar-refractivity contribution in [2.75, 3.05) is 0 Å². The first-order valence-corrected chi connectivity index (χ1v) is 11.3. The lowest BCUT2D eigenvalue weighted by Crippen LogP contribution is -2.53. The van der Waals surface area contributed by atoms with Crippen molar-refractivity contribution >= 4 is 0 Å². The molecule has 0 aliphatic heterocycles. The Balaban J connectivity index is -0.000000435. The zero-order chi connectivity index (χ0) is 26.6. The summed E-state index contributed by atoms with van der Waals surface area (Å²) in [5.41, 5.74) is -4.76. The summed E-state index contributed by atoms with van der Waals surface area (Å²) in [5, 5.41) is 8.91. The molecular weight excluding hydrogens is 442 g/mol. The molecule has 33 heavy (non-hydrogen) atoms. The van der Waals surface area contributed by atoms with Crippen LogP contribution in [0.1, 0.15) is 78.4 Å². The predicted octanol–water partition coefficient (Wildman–Crippen LogP) is 9.63. The van der Waals surface area contributed by atoms with Gasteiger partial charge in [0.2, 0.25) is 0 Å². The van der Waals surface area contributed by atoms with Gasteiger partial charge in [-0.2, -0.15) is 26.3 Å². The van der Waals surface area contributed by atoms with Gasteiger partial charge >= 0.3 is 12.4 Å². The van der Waals surface area contributed by atoms with Crippen molar-refractivity contribution in [1.82, 2.24) is 0 Å². The summed E-state index contributed by atoms with van der Waals surface area (Å²) in [4.78, 5) is 0. The number of aryl methyl sites for hydroxylation is 1. The topological polar surface area (TPSA) is 20.2 Å². The van der Waals surface area contributed by atoms with Crippen molar-refractivity contribution < 1.29 is 31.4 Å². The van der Waals surface area contributed by atoms with Crippen LogP contribution in [-0.2, 0) is 5.60 Å². The fourth-order valence-electron chi connectivity index (χ4n) is 1.70. The average Bonchev–Trinajstić information content (AvgIpc) is 2.80. The van der Waals surface area contributed by atoms with Gasteiger partial charge in [-0.05, 0) is 6.92 Å². The second-order valence-electron chi connectivity index (χ2n) is 6.73. The van der Waals surface area contributed by atoms with Gasteiger partial charge in [-0.1, -0.05) is 133 Å². The molecule has 0 bridgehead atoms. The Bertz CT molecular complexity index is 630. The Morgan fingerprint density at radius 3 is 1.03 bits per heavy atom. The fourth-order valence-corrected chi connectivity index (χ4v) is 1.70. The van der Waals surface area contributed by atoms with Crippen LogP contribution in [0.15, 0.2) is 60.7 Å². The van der Waals surface area contributed by atoms with E-state index in [1.165, 1.54) is 37.3 Å². The van der Waals surface area contributed by atoms with Crippen molar-refractivity contribution in [3.8, 4) is 0 Å². The van der Waals surface area contributed by atoms with Crippen LogP contribution in [0.5, 0.6) is 0 Å². The Hall–Kier alpha value is -2.02. The van der Waals surface area contributed by atoms with Crippen molar-refractivity contribution in [2.24, 2.45) is 0 Å². The molecule has 7 heteroatoms. The molecule has 0 fully saturated rings. The summed E-state index contributed by atoms with van der Waals surface area (Å²) in [6.45, 7) is 14.8. The summed E-state index contributed by atoms with van der Waals surface area (Å²) >= 11 is 0. The third-order valence-corrected chi connectivity index (χ3v) is 3.95. The number of hydrogen-bond donors (Lipinski definition) is 1. The van der Waals surface area contributed by atoms with E-state index in [2.05, 4.69) is 46.8 Å². The summed E-state index contributed by atoms with van der Waals surface area (Å²) < 4.78 is 73.9. The molecule has 0 spiro atoms. The number of unbranched alkanes of at least 4 members (excludes halogenated alkanes) is 2. The number of benzene rings is 2.